The number of halogens is 1. The number of carbonyl (C=O) groups excluding carboxylic acids is 1. The van der Waals surface area contributed by atoms with Gasteiger partial charge in [-0.1, -0.05) is 29.8 Å². The molecule has 0 fully saturated rings. The fourth-order valence-corrected chi connectivity index (χ4v) is 2.78. The molecule has 6 heteroatoms. The lowest BCUT2D eigenvalue weighted by Crippen LogP contribution is -2.00. The zero-order chi connectivity index (χ0) is 15.4. The summed E-state index contributed by atoms with van der Waals surface area (Å²) in [6, 6.07) is 11.2. The highest BCUT2D eigenvalue weighted by Crippen LogP contribution is 2.22. The maximum absolute atomic E-state index is 11.7. The fourth-order valence-electron chi connectivity index (χ4n) is 1.80. The van der Waals surface area contributed by atoms with Crippen LogP contribution in [0.2, 0.25) is 5.15 Å². The highest BCUT2D eigenvalue weighted by atomic mass is 35.5. The van der Waals surface area contributed by atoms with Gasteiger partial charge in [-0.3, -0.25) is 0 Å². The SMILES string of the molecule is O=C(/C=C/c1nc2ccccc2s1)OCc1ccc(Cl)nc1. The Morgan fingerprint density at radius 2 is 2.14 bits per heavy atom. The molecule has 0 saturated carbocycles. The minimum Gasteiger partial charge on any atom is -0.458 e. The van der Waals surface area contributed by atoms with Crippen molar-refractivity contribution < 1.29 is 9.53 Å². The number of pyridine rings is 1. The first kappa shape index (κ1) is 14.7. The van der Waals surface area contributed by atoms with Crippen molar-refractivity contribution in [2.45, 2.75) is 6.61 Å². The second-order valence-corrected chi connectivity index (χ2v) is 5.90. The van der Waals surface area contributed by atoms with Crippen molar-refractivity contribution in [3.8, 4) is 0 Å². The van der Waals surface area contributed by atoms with Gasteiger partial charge in [0, 0.05) is 17.8 Å². The van der Waals surface area contributed by atoms with Gasteiger partial charge >= 0.3 is 5.97 Å². The number of rotatable bonds is 4. The molecular weight excluding hydrogens is 320 g/mol. The third kappa shape index (κ3) is 3.69. The monoisotopic (exact) mass is 330 g/mol. The minimum absolute atomic E-state index is 0.160. The molecule has 22 heavy (non-hydrogen) atoms. The van der Waals surface area contributed by atoms with Crippen molar-refractivity contribution in [1.29, 1.82) is 0 Å². The molecular formula is C16H11ClN2O2S. The van der Waals surface area contributed by atoms with Crippen molar-refractivity contribution in [3.05, 3.63) is 64.4 Å². The van der Waals surface area contributed by atoms with E-state index in [1.54, 1.807) is 24.4 Å². The van der Waals surface area contributed by atoms with Crippen molar-refractivity contribution >= 4 is 45.2 Å². The van der Waals surface area contributed by atoms with Crippen molar-refractivity contribution in [2.75, 3.05) is 0 Å². The van der Waals surface area contributed by atoms with Crippen molar-refractivity contribution in [1.82, 2.24) is 9.97 Å². The van der Waals surface area contributed by atoms with Gasteiger partial charge < -0.3 is 4.74 Å². The topological polar surface area (TPSA) is 52.1 Å². The number of hydrogen-bond donors (Lipinski definition) is 0. The third-order valence-corrected chi connectivity index (χ3v) is 4.07. The van der Waals surface area contributed by atoms with Crippen LogP contribution in [-0.2, 0) is 16.1 Å². The average Bonchev–Trinajstić information content (AvgIpc) is 2.95. The van der Waals surface area contributed by atoms with Gasteiger partial charge in [-0.25, -0.2) is 14.8 Å². The molecule has 0 radical (unpaired) electrons. The van der Waals surface area contributed by atoms with Gasteiger partial charge in [0.1, 0.15) is 16.8 Å². The van der Waals surface area contributed by atoms with E-state index in [1.165, 1.54) is 17.4 Å². The van der Waals surface area contributed by atoms with Crippen molar-refractivity contribution in [3.63, 3.8) is 0 Å². The summed E-state index contributed by atoms with van der Waals surface area (Å²) in [4.78, 5) is 20.0. The first-order valence-electron chi connectivity index (χ1n) is 6.51. The van der Waals surface area contributed by atoms with E-state index in [0.717, 1.165) is 20.8 Å². The molecule has 0 aliphatic rings. The average molecular weight is 331 g/mol. The molecule has 0 spiro atoms. The molecule has 0 aliphatic heterocycles. The normalized spacial score (nSPS) is 11.1. The molecule has 1 aromatic carbocycles. The van der Waals surface area contributed by atoms with E-state index in [4.69, 9.17) is 16.3 Å². The number of fused-ring (bicyclic) bond motifs is 1. The summed E-state index contributed by atoms with van der Waals surface area (Å²) in [6.07, 6.45) is 4.61. The van der Waals surface area contributed by atoms with Gasteiger partial charge in [-0.15, -0.1) is 11.3 Å². The highest BCUT2D eigenvalue weighted by molar-refractivity contribution is 7.19. The summed E-state index contributed by atoms with van der Waals surface area (Å²) in [5, 5.41) is 1.18. The number of hydrogen-bond acceptors (Lipinski definition) is 5. The lowest BCUT2D eigenvalue weighted by atomic mass is 10.3. The number of para-hydroxylation sites is 1. The number of ether oxygens (including phenoxy) is 1. The first-order chi connectivity index (χ1) is 10.7. The van der Waals surface area contributed by atoms with E-state index >= 15 is 0 Å². The van der Waals surface area contributed by atoms with E-state index < -0.39 is 5.97 Å². The smallest absolute Gasteiger partial charge is 0.331 e. The molecule has 0 unspecified atom stereocenters. The Bertz CT molecular complexity index is 795. The maximum Gasteiger partial charge on any atom is 0.331 e. The van der Waals surface area contributed by atoms with Crippen LogP contribution in [0.1, 0.15) is 10.6 Å². The van der Waals surface area contributed by atoms with E-state index in [0.29, 0.717) is 5.15 Å². The Morgan fingerprint density at radius 1 is 1.27 bits per heavy atom. The lowest BCUT2D eigenvalue weighted by Gasteiger charge is -2.01. The van der Waals surface area contributed by atoms with Crippen LogP contribution in [0.5, 0.6) is 0 Å². The molecule has 4 nitrogen and oxygen atoms in total. The van der Waals surface area contributed by atoms with Gasteiger partial charge in [0.2, 0.25) is 0 Å². The molecule has 0 saturated heterocycles. The fraction of sp³-hybridized carbons (Fsp3) is 0.0625. The van der Waals surface area contributed by atoms with Crippen molar-refractivity contribution in [2.24, 2.45) is 0 Å². The summed E-state index contributed by atoms with van der Waals surface area (Å²) in [7, 11) is 0. The number of thiazole rings is 1. The van der Waals surface area contributed by atoms with Crippen LogP contribution in [0.3, 0.4) is 0 Å². The van der Waals surface area contributed by atoms with Crippen LogP contribution in [-0.4, -0.2) is 15.9 Å². The van der Waals surface area contributed by atoms with Crippen LogP contribution < -0.4 is 0 Å². The summed E-state index contributed by atoms with van der Waals surface area (Å²) in [6.45, 7) is 0.160. The Labute approximate surface area is 136 Å². The molecule has 0 N–H and O–H groups in total. The number of esters is 1. The summed E-state index contributed by atoms with van der Waals surface area (Å²) in [5.74, 6) is -0.422. The molecule has 110 valence electrons. The maximum atomic E-state index is 11.7. The molecule has 0 aliphatic carbocycles. The van der Waals surface area contributed by atoms with Crippen LogP contribution in [0.4, 0.5) is 0 Å². The molecule has 3 rings (SSSR count). The van der Waals surface area contributed by atoms with Crippen LogP contribution in [0.15, 0.2) is 48.7 Å². The standard InChI is InChI=1S/C16H11ClN2O2S/c17-14-6-5-11(9-18-14)10-21-16(20)8-7-15-19-12-3-1-2-4-13(12)22-15/h1-9H,10H2/b8-7+. The first-order valence-corrected chi connectivity index (χ1v) is 7.71. The highest BCUT2D eigenvalue weighted by Gasteiger charge is 2.02. The van der Waals surface area contributed by atoms with E-state index in [9.17, 15) is 4.79 Å². The van der Waals surface area contributed by atoms with Gasteiger partial charge in [-0.05, 0) is 24.3 Å². The molecule has 2 aromatic heterocycles. The number of aromatic nitrogens is 2. The minimum atomic E-state index is -0.422. The second-order valence-electron chi connectivity index (χ2n) is 4.45. The third-order valence-electron chi connectivity index (χ3n) is 2.84. The molecule has 0 atom stereocenters. The quantitative estimate of drug-likeness (QED) is 0.410. The second kappa shape index (κ2) is 6.68. The van der Waals surface area contributed by atoms with Crippen LogP contribution >= 0.6 is 22.9 Å². The van der Waals surface area contributed by atoms with Crippen LogP contribution in [0, 0.1) is 0 Å². The molecule has 3 aromatic rings. The molecule has 0 amide bonds. The Balaban J connectivity index is 1.59. The predicted octanol–water partition coefficient (Wildman–Crippen LogP) is 4.10. The van der Waals surface area contributed by atoms with Gasteiger partial charge in [0.15, 0.2) is 0 Å². The Kier molecular flexibility index (Phi) is 4.46. The Morgan fingerprint density at radius 3 is 2.91 bits per heavy atom. The summed E-state index contributed by atoms with van der Waals surface area (Å²) < 4.78 is 6.22. The number of nitrogens with zero attached hydrogens (tertiary/aromatic N) is 2. The largest absolute Gasteiger partial charge is 0.458 e. The lowest BCUT2D eigenvalue weighted by molar-refractivity contribution is -0.138. The summed E-state index contributed by atoms with van der Waals surface area (Å²) in [5.41, 5.74) is 1.71. The zero-order valence-corrected chi connectivity index (χ0v) is 13.0. The predicted molar refractivity (Wildman–Crippen MR) is 87.7 cm³/mol. The van der Waals surface area contributed by atoms with Crippen LogP contribution in [0.25, 0.3) is 16.3 Å². The zero-order valence-electron chi connectivity index (χ0n) is 11.4. The van der Waals surface area contributed by atoms with E-state index in [1.807, 2.05) is 24.3 Å². The van der Waals surface area contributed by atoms with Gasteiger partial charge in [0.25, 0.3) is 0 Å². The van der Waals surface area contributed by atoms with E-state index in [2.05, 4.69) is 9.97 Å². The number of carbonyl (C=O) groups is 1. The molecule has 0 bridgehead atoms. The molecule has 2 heterocycles. The summed E-state index contributed by atoms with van der Waals surface area (Å²) >= 11 is 7.21. The van der Waals surface area contributed by atoms with Gasteiger partial charge in [-0.2, -0.15) is 0 Å². The van der Waals surface area contributed by atoms with Gasteiger partial charge in [0.05, 0.1) is 10.2 Å². The number of benzene rings is 1. The van der Waals surface area contributed by atoms with E-state index in [-0.39, 0.29) is 6.61 Å². The Hall–Kier alpha value is -2.24.